The molecule has 3 rings (SSSR count). The van der Waals surface area contributed by atoms with Gasteiger partial charge in [-0.15, -0.1) is 0 Å². The zero-order valence-corrected chi connectivity index (χ0v) is 13.3. The van der Waals surface area contributed by atoms with E-state index in [9.17, 15) is 13.6 Å². The van der Waals surface area contributed by atoms with Gasteiger partial charge in [-0.25, -0.2) is 8.78 Å². The van der Waals surface area contributed by atoms with Crippen LogP contribution in [0.15, 0.2) is 54.6 Å². The highest BCUT2D eigenvalue weighted by molar-refractivity contribution is 5.85. The third kappa shape index (κ3) is 3.11. The summed E-state index contributed by atoms with van der Waals surface area (Å²) in [7, 11) is 1.22. The molecule has 0 aromatic heterocycles. The number of hydrogen-bond donors (Lipinski definition) is 0. The van der Waals surface area contributed by atoms with Crippen LogP contribution in [0.5, 0.6) is 5.75 Å². The second-order valence-corrected chi connectivity index (χ2v) is 6.08. The van der Waals surface area contributed by atoms with Crippen molar-refractivity contribution in [2.75, 3.05) is 7.11 Å². The first-order chi connectivity index (χ1) is 11.5. The van der Waals surface area contributed by atoms with Gasteiger partial charge in [0.2, 0.25) is 0 Å². The highest BCUT2D eigenvalue weighted by atomic mass is 19.3. The molecule has 1 fully saturated rings. The molecule has 2 aromatic rings. The summed E-state index contributed by atoms with van der Waals surface area (Å²) in [4.78, 5) is 12.0. The van der Waals surface area contributed by atoms with Crippen LogP contribution in [0.25, 0.3) is 0 Å². The van der Waals surface area contributed by atoms with Crippen LogP contribution >= 0.6 is 0 Å². The Morgan fingerprint density at radius 3 is 2.21 bits per heavy atom. The number of esters is 1. The van der Waals surface area contributed by atoms with Crippen molar-refractivity contribution in [3.8, 4) is 5.75 Å². The molecule has 0 radical (unpaired) electrons. The van der Waals surface area contributed by atoms with Gasteiger partial charge in [-0.05, 0) is 23.3 Å². The molecule has 0 saturated heterocycles. The van der Waals surface area contributed by atoms with Crippen molar-refractivity contribution in [3.05, 3.63) is 65.7 Å². The van der Waals surface area contributed by atoms with Gasteiger partial charge in [0, 0.05) is 12.8 Å². The van der Waals surface area contributed by atoms with E-state index < -0.39 is 30.1 Å². The van der Waals surface area contributed by atoms with Gasteiger partial charge in [-0.3, -0.25) is 4.79 Å². The summed E-state index contributed by atoms with van der Waals surface area (Å²) in [5, 5.41) is 0. The predicted octanol–water partition coefficient (Wildman–Crippen LogP) is 4.11. The van der Waals surface area contributed by atoms with E-state index in [0.717, 1.165) is 5.56 Å². The lowest BCUT2D eigenvalue weighted by molar-refractivity contribution is -0.177. The van der Waals surface area contributed by atoms with Crippen LogP contribution in [0, 0.1) is 0 Å². The zero-order valence-electron chi connectivity index (χ0n) is 13.3. The molecule has 24 heavy (non-hydrogen) atoms. The molecule has 1 saturated carbocycles. The number of rotatable bonds is 5. The number of alkyl halides is 2. The number of carbonyl (C=O) groups is 1. The summed E-state index contributed by atoms with van der Waals surface area (Å²) < 4.78 is 37.2. The summed E-state index contributed by atoms with van der Waals surface area (Å²) in [5.41, 5.74) is 0.314. The van der Waals surface area contributed by atoms with Gasteiger partial charge in [0.1, 0.15) is 17.8 Å². The van der Waals surface area contributed by atoms with Gasteiger partial charge in [0.05, 0.1) is 7.11 Å². The SMILES string of the molecule is COC(=O)C1(c2ccc(OCc3ccccc3)cc2)CC(F)(F)C1. The Bertz CT molecular complexity index is 703. The van der Waals surface area contributed by atoms with Crippen molar-refractivity contribution in [1.82, 2.24) is 0 Å². The van der Waals surface area contributed by atoms with Gasteiger partial charge >= 0.3 is 5.97 Å². The molecule has 0 atom stereocenters. The minimum atomic E-state index is -2.82. The van der Waals surface area contributed by atoms with Crippen LogP contribution < -0.4 is 4.74 Å². The molecule has 0 spiro atoms. The molecule has 126 valence electrons. The van der Waals surface area contributed by atoms with Crippen LogP contribution in [0.4, 0.5) is 8.78 Å². The fourth-order valence-corrected chi connectivity index (χ4v) is 3.10. The molecule has 5 heteroatoms. The van der Waals surface area contributed by atoms with Crippen LogP contribution in [0.2, 0.25) is 0 Å². The Morgan fingerprint density at radius 2 is 1.67 bits per heavy atom. The predicted molar refractivity (Wildman–Crippen MR) is 85.1 cm³/mol. The standard InChI is InChI=1S/C19H18F2O3/c1-23-17(22)18(12-19(20,21)13-18)15-7-9-16(10-8-15)24-11-14-5-3-2-4-6-14/h2-10H,11-13H2,1H3. The number of hydrogen-bond acceptors (Lipinski definition) is 3. The molecular weight excluding hydrogens is 314 g/mol. The maximum atomic E-state index is 13.4. The average Bonchev–Trinajstić information content (AvgIpc) is 2.58. The normalized spacial score (nSPS) is 17.6. The minimum Gasteiger partial charge on any atom is -0.489 e. The highest BCUT2D eigenvalue weighted by Gasteiger charge is 2.62. The van der Waals surface area contributed by atoms with Crippen molar-refractivity contribution in [3.63, 3.8) is 0 Å². The van der Waals surface area contributed by atoms with Crippen molar-refractivity contribution < 1.29 is 23.0 Å². The minimum absolute atomic E-state index is 0.417. The Kier molecular flexibility index (Phi) is 4.26. The van der Waals surface area contributed by atoms with Gasteiger partial charge in [0.25, 0.3) is 5.92 Å². The van der Waals surface area contributed by atoms with Crippen LogP contribution in [0.1, 0.15) is 24.0 Å². The lowest BCUT2D eigenvalue weighted by Crippen LogP contribution is -2.54. The smallest absolute Gasteiger partial charge is 0.316 e. The molecule has 1 aliphatic rings. The molecule has 0 aliphatic heterocycles. The second kappa shape index (κ2) is 6.23. The van der Waals surface area contributed by atoms with E-state index in [2.05, 4.69) is 0 Å². The molecule has 2 aromatic carbocycles. The van der Waals surface area contributed by atoms with Crippen LogP contribution in [-0.2, 0) is 21.6 Å². The van der Waals surface area contributed by atoms with Crippen LogP contribution in [-0.4, -0.2) is 19.0 Å². The first kappa shape index (κ1) is 16.4. The molecule has 0 unspecified atom stereocenters. The topological polar surface area (TPSA) is 35.5 Å². The molecular formula is C19H18F2O3. The fourth-order valence-electron chi connectivity index (χ4n) is 3.10. The molecule has 0 heterocycles. The van der Waals surface area contributed by atoms with E-state index in [1.165, 1.54) is 7.11 Å². The first-order valence-electron chi connectivity index (χ1n) is 7.69. The van der Waals surface area contributed by atoms with Gasteiger partial charge < -0.3 is 9.47 Å². The summed E-state index contributed by atoms with van der Waals surface area (Å²) in [6.45, 7) is 0.417. The van der Waals surface area contributed by atoms with Crippen LogP contribution in [0.3, 0.4) is 0 Å². The molecule has 0 bridgehead atoms. The van der Waals surface area contributed by atoms with Crippen molar-refractivity contribution in [2.24, 2.45) is 0 Å². The number of ether oxygens (including phenoxy) is 2. The van der Waals surface area contributed by atoms with E-state index in [0.29, 0.717) is 17.9 Å². The largest absolute Gasteiger partial charge is 0.489 e. The van der Waals surface area contributed by atoms with E-state index in [1.807, 2.05) is 30.3 Å². The lowest BCUT2D eigenvalue weighted by atomic mass is 9.62. The monoisotopic (exact) mass is 332 g/mol. The molecule has 1 aliphatic carbocycles. The highest BCUT2D eigenvalue weighted by Crippen LogP contribution is 2.54. The number of benzene rings is 2. The summed E-state index contributed by atoms with van der Waals surface area (Å²) in [5.74, 6) is -2.82. The van der Waals surface area contributed by atoms with Gasteiger partial charge in [-0.1, -0.05) is 42.5 Å². The quantitative estimate of drug-likeness (QED) is 0.773. The van der Waals surface area contributed by atoms with E-state index in [1.54, 1.807) is 24.3 Å². The molecule has 0 N–H and O–H groups in total. The van der Waals surface area contributed by atoms with Crippen molar-refractivity contribution in [2.45, 2.75) is 30.8 Å². The number of halogens is 2. The molecule has 3 nitrogen and oxygen atoms in total. The summed E-state index contributed by atoms with van der Waals surface area (Å²) in [6, 6.07) is 16.4. The average molecular weight is 332 g/mol. The van der Waals surface area contributed by atoms with Gasteiger partial charge in [-0.2, -0.15) is 0 Å². The molecule has 0 amide bonds. The third-order valence-corrected chi connectivity index (χ3v) is 4.35. The van der Waals surface area contributed by atoms with Gasteiger partial charge in [0.15, 0.2) is 0 Å². The second-order valence-electron chi connectivity index (χ2n) is 6.08. The number of methoxy groups -OCH3 is 1. The first-order valence-corrected chi connectivity index (χ1v) is 7.69. The Labute approximate surface area is 139 Å². The maximum absolute atomic E-state index is 13.4. The fraction of sp³-hybridized carbons (Fsp3) is 0.316. The number of carbonyl (C=O) groups excluding carboxylic acids is 1. The van der Waals surface area contributed by atoms with E-state index in [4.69, 9.17) is 9.47 Å². The third-order valence-electron chi connectivity index (χ3n) is 4.35. The Hall–Kier alpha value is -2.43. The Balaban J connectivity index is 1.72. The summed E-state index contributed by atoms with van der Waals surface area (Å²) in [6.07, 6.45) is -1.03. The summed E-state index contributed by atoms with van der Waals surface area (Å²) >= 11 is 0. The van der Waals surface area contributed by atoms with E-state index in [-0.39, 0.29) is 0 Å². The van der Waals surface area contributed by atoms with E-state index >= 15 is 0 Å². The maximum Gasteiger partial charge on any atom is 0.316 e. The lowest BCUT2D eigenvalue weighted by Gasteiger charge is -2.45. The van der Waals surface area contributed by atoms with Crippen molar-refractivity contribution >= 4 is 5.97 Å². The Morgan fingerprint density at radius 1 is 1.04 bits per heavy atom. The zero-order chi connectivity index (χ0) is 17.2. The van der Waals surface area contributed by atoms with Crippen molar-refractivity contribution in [1.29, 1.82) is 0 Å².